The number of nitrogens with zero attached hydrogens (tertiary/aromatic N) is 1. The zero-order valence-corrected chi connectivity index (χ0v) is 11.9. The van der Waals surface area contributed by atoms with E-state index in [0.29, 0.717) is 11.5 Å². The second-order valence-corrected chi connectivity index (χ2v) is 6.96. The third-order valence-electron chi connectivity index (χ3n) is 4.82. The number of hydrogen-bond acceptors (Lipinski definition) is 3. The molecule has 1 saturated carbocycles. The lowest BCUT2D eigenvalue weighted by Gasteiger charge is -2.26. The van der Waals surface area contributed by atoms with Crippen LogP contribution in [0.15, 0.2) is 0 Å². The van der Waals surface area contributed by atoms with Gasteiger partial charge in [0.05, 0.1) is 18.3 Å². The van der Waals surface area contributed by atoms with Gasteiger partial charge in [0.2, 0.25) is 0 Å². The Morgan fingerprint density at radius 3 is 2.67 bits per heavy atom. The summed E-state index contributed by atoms with van der Waals surface area (Å²) >= 11 is 0. The third kappa shape index (κ3) is 2.73. The van der Waals surface area contributed by atoms with Crippen molar-refractivity contribution in [3.63, 3.8) is 0 Å². The lowest BCUT2D eigenvalue weighted by molar-refractivity contribution is 0.00469. The predicted octanol–water partition coefficient (Wildman–Crippen LogP) is 2.45. The predicted molar refractivity (Wildman–Crippen MR) is 71.7 cm³/mol. The molecule has 18 heavy (non-hydrogen) atoms. The highest BCUT2D eigenvalue weighted by molar-refractivity contribution is 5.01. The van der Waals surface area contributed by atoms with Crippen molar-refractivity contribution in [1.82, 2.24) is 4.90 Å². The minimum Gasteiger partial charge on any atom is -0.378 e. The summed E-state index contributed by atoms with van der Waals surface area (Å²) in [5.74, 6) is 0. The van der Waals surface area contributed by atoms with Crippen LogP contribution in [0, 0.1) is 5.41 Å². The molecule has 1 spiro atoms. The molecule has 2 saturated heterocycles. The maximum absolute atomic E-state index is 5.99. The fourth-order valence-corrected chi connectivity index (χ4v) is 3.48. The summed E-state index contributed by atoms with van der Waals surface area (Å²) in [7, 11) is 0. The molecule has 0 radical (unpaired) electrons. The molecule has 0 aromatic rings. The first-order valence-corrected chi connectivity index (χ1v) is 7.60. The number of rotatable bonds is 5. The van der Waals surface area contributed by atoms with Gasteiger partial charge in [0.15, 0.2) is 0 Å². The van der Waals surface area contributed by atoms with E-state index in [2.05, 4.69) is 18.7 Å². The SMILES string of the molecule is CC(C)OCC1(CN2CCC3(CCCO3)C2)CC1. The van der Waals surface area contributed by atoms with Crippen LogP contribution in [0.1, 0.15) is 46.0 Å². The van der Waals surface area contributed by atoms with Crippen LogP contribution in [0.2, 0.25) is 0 Å². The highest BCUT2D eigenvalue weighted by atomic mass is 16.5. The van der Waals surface area contributed by atoms with Crippen LogP contribution in [-0.4, -0.2) is 49.5 Å². The van der Waals surface area contributed by atoms with Crippen LogP contribution >= 0.6 is 0 Å². The normalized spacial score (nSPS) is 34.8. The van der Waals surface area contributed by atoms with Gasteiger partial charge in [-0.2, -0.15) is 0 Å². The first-order chi connectivity index (χ1) is 8.62. The largest absolute Gasteiger partial charge is 0.378 e. The number of ether oxygens (including phenoxy) is 2. The molecule has 3 heteroatoms. The topological polar surface area (TPSA) is 21.7 Å². The van der Waals surface area contributed by atoms with Crippen LogP contribution in [0.25, 0.3) is 0 Å². The van der Waals surface area contributed by atoms with Gasteiger partial charge in [0.25, 0.3) is 0 Å². The van der Waals surface area contributed by atoms with E-state index in [1.165, 1.54) is 45.2 Å². The Morgan fingerprint density at radius 1 is 1.22 bits per heavy atom. The molecule has 104 valence electrons. The molecule has 3 rings (SSSR count). The molecule has 0 amide bonds. The summed E-state index contributed by atoms with van der Waals surface area (Å²) in [6.45, 7) is 9.82. The van der Waals surface area contributed by atoms with Crippen LogP contribution in [-0.2, 0) is 9.47 Å². The van der Waals surface area contributed by atoms with Gasteiger partial charge in [-0.1, -0.05) is 0 Å². The van der Waals surface area contributed by atoms with Gasteiger partial charge in [0, 0.05) is 31.7 Å². The van der Waals surface area contributed by atoms with Crippen molar-refractivity contribution >= 4 is 0 Å². The van der Waals surface area contributed by atoms with Crippen molar-refractivity contribution in [2.45, 2.75) is 57.7 Å². The molecule has 2 aliphatic heterocycles. The second-order valence-electron chi connectivity index (χ2n) is 6.96. The average molecular weight is 253 g/mol. The number of hydrogen-bond donors (Lipinski definition) is 0. The molecule has 3 aliphatic rings. The van der Waals surface area contributed by atoms with E-state index >= 15 is 0 Å². The smallest absolute Gasteiger partial charge is 0.0821 e. The maximum Gasteiger partial charge on any atom is 0.0821 e. The van der Waals surface area contributed by atoms with Gasteiger partial charge < -0.3 is 9.47 Å². The van der Waals surface area contributed by atoms with Gasteiger partial charge in [0.1, 0.15) is 0 Å². The minimum absolute atomic E-state index is 0.231. The summed E-state index contributed by atoms with van der Waals surface area (Å²) in [5, 5.41) is 0. The molecular weight excluding hydrogens is 226 g/mol. The van der Waals surface area contributed by atoms with Crippen LogP contribution in [0.4, 0.5) is 0 Å². The van der Waals surface area contributed by atoms with E-state index in [0.717, 1.165) is 19.8 Å². The van der Waals surface area contributed by atoms with Gasteiger partial charge in [-0.15, -0.1) is 0 Å². The fourth-order valence-electron chi connectivity index (χ4n) is 3.48. The van der Waals surface area contributed by atoms with Crippen LogP contribution < -0.4 is 0 Å². The van der Waals surface area contributed by atoms with Crippen molar-refractivity contribution in [1.29, 1.82) is 0 Å². The Balaban J connectivity index is 1.49. The average Bonchev–Trinajstić information content (AvgIpc) is 2.78. The van der Waals surface area contributed by atoms with E-state index in [-0.39, 0.29) is 5.60 Å². The molecule has 2 heterocycles. The third-order valence-corrected chi connectivity index (χ3v) is 4.82. The monoisotopic (exact) mass is 253 g/mol. The molecule has 0 N–H and O–H groups in total. The van der Waals surface area contributed by atoms with Crippen molar-refractivity contribution in [3.05, 3.63) is 0 Å². The van der Waals surface area contributed by atoms with Crippen molar-refractivity contribution in [2.75, 3.05) is 32.8 Å². The number of likely N-dealkylation sites (tertiary alicyclic amines) is 1. The molecule has 1 atom stereocenters. The van der Waals surface area contributed by atoms with Gasteiger partial charge in [-0.3, -0.25) is 4.90 Å². The lowest BCUT2D eigenvalue weighted by Crippen LogP contribution is -2.36. The molecule has 0 bridgehead atoms. The Bertz CT molecular complexity index is 293. The van der Waals surface area contributed by atoms with E-state index in [9.17, 15) is 0 Å². The minimum atomic E-state index is 0.231. The second kappa shape index (κ2) is 4.77. The van der Waals surface area contributed by atoms with Gasteiger partial charge in [-0.25, -0.2) is 0 Å². The molecule has 3 fully saturated rings. The molecule has 0 aromatic heterocycles. The Kier molecular flexibility index (Phi) is 3.41. The summed E-state index contributed by atoms with van der Waals surface area (Å²) in [5.41, 5.74) is 0.712. The Labute approximate surface area is 111 Å². The Morgan fingerprint density at radius 2 is 2.06 bits per heavy atom. The van der Waals surface area contributed by atoms with E-state index in [1.54, 1.807) is 0 Å². The highest BCUT2D eigenvalue weighted by Crippen LogP contribution is 2.48. The summed E-state index contributed by atoms with van der Waals surface area (Å²) in [6.07, 6.45) is 6.85. The Hall–Kier alpha value is -0.120. The molecule has 1 aliphatic carbocycles. The van der Waals surface area contributed by atoms with Crippen molar-refractivity contribution in [2.24, 2.45) is 5.41 Å². The molecular formula is C15H27NO2. The van der Waals surface area contributed by atoms with E-state index in [4.69, 9.17) is 9.47 Å². The molecule has 1 unspecified atom stereocenters. The zero-order valence-electron chi connectivity index (χ0n) is 11.9. The summed E-state index contributed by atoms with van der Waals surface area (Å²) in [6, 6.07) is 0. The quantitative estimate of drug-likeness (QED) is 0.751. The fraction of sp³-hybridized carbons (Fsp3) is 1.00. The first-order valence-electron chi connectivity index (χ1n) is 7.60. The van der Waals surface area contributed by atoms with Crippen LogP contribution in [0.5, 0.6) is 0 Å². The summed E-state index contributed by atoms with van der Waals surface area (Å²) in [4.78, 5) is 2.63. The lowest BCUT2D eigenvalue weighted by atomic mass is 10.00. The van der Waals surface area contributed by atoms with Crippen LogP contribution in [0.3, 0.4) is 0 Å². The van der Waals surface area contributed by atoms with Gasteiger partial charge in [-0.05, 0) is 46.0 Å². The maximum atomic E-state index is 5.99. The molecule has 0 aromatic carbocycles. The standard InChI is InChI=1S/C15H27NO2/c1-13(2)17-12-14(5-6-14)10-16-8-7-15(11-16)4-3-9-18-15/h13H,3-12H2,1-2H3. The summed E-state index contributed by atoms with van der Waals surface area (Å²) < 4.78 is 11.8. The molecule has 3 nitrogen and oxygen atoms in total. The first kappa shape index (κ1) is 12.9. The van der Waals surface area contributed by atoms with Crippen molar-refractivity contribution < 1.29 is 9.47 Å². The van der Waals surface area contributed by atoms with E-state index < -0.39 is 0 Å². The van der Waals surface area contributed by atoms with E-state index in [1.807, 2.05) is 0 Å². The highest BCUT2D eigenvalue weighted by Gasteiger charge is 2.48. The zero-order chi connectivity index (χ0) is 12.6. The van der Waals surface area contributed by atoms with Crippen molar-refractivity contribution in [3.8, 4) is 0 Å². The van der Waals surface area contributed by atoms with Gasteiger partial charge >= 0.3 is 0 Å².